The molecule has 12 rings (SSSR count). The van der Waals surface area contributed by atoms with E-state index in [9.17, 15) is 0 Å². The van der Waals surface area contributed by atoms with E-state index in [0.717, 1.165) is 39.8 Å². The Kier molecular flexibility index (Phi) is 9.43. The Labute approximate surface area is 377 Å². The van der Waals surface area contributed by atoms with E-state index in [2.05, 4.69) is 263 Å². The molecule has 0 bridgehead atoms. The van der Waals surface area contributed by atoms with Gasteiger partial charge in [-0.3, -0.25) is 9.47 Å². The average Bonchev–Trinajstić information content (AvgIpc) is 3.71. The number of benzene rings is 10. The van der Waals surface area contributed by atoms with Crippen LogP contribution in [0.2, 0.25) is 0 Å². The number of hydrogen-bond acceptors (Lipinski definition) is 3. The molecule has 64 heavy (non-hydrogen) atoms. The van der Waals surface area contributed by atoms with Crippen molar-refractivity contribution in [3.8, 4) is 39.1 Å². The molecule has 4 heteroatoms. The molecule has 302 valence electrons. The Morgan fingerprint density at radius 1 is 0.375 bits per heavy atom. The van der Waals surface area contributed by atoms with E-state index in [4.69, 9.17) is 0 Å². The lowest BCUT2D eigenvalue weighted by Gasteiger charge is -2.33. The second kappa shape index (κ2) is 16.0. The van der Waals surface area contributed by atoms with E-state index in [1.54, 1.807) is 0 Å². The zero-order chi connectivity index (χ0) is 42.4. The lowest BCUT2D eigenvalue weighted by Crippen LogP contribution is -2.17. The zero-order valence-electron chi connectivity index (χ0n) is 34.9. The van der Waals surface area contributed by atoms with Crippen LogP contribution in [-0.2, 0) is 0 Å². The van der Waals surface area contributed by atoms with Gasteiger partial charge in [0, 0.05) is 33.0 Å². The standard InChI is InChI=1S/C60H41N3S/c1-4-16-42(17-5-1)43-30-32-44(33-31-43)45-34-38-50(39-35-45)61(51-40-36-47(37-41-51)53-25-14-19-46-18-10-11-24-52(46)53)55-27-15-28-56-58(55)59-60(63(56)49-22-8-3-9-23-49)62(48-20-6-2-7-21-48)54-26-12-13-29-57(54)64-59/h1-41H. The minimum Gasteiger partial charge on any atom is -0.310 e. The minimum atomic E-state index is 1.08. The Bertz CT molecular complexity index is 3430. The van der Waals surface area contributed by atoms with E-state index < -0.39 is 0 Å². The number of anilines is 6. The number of rotatable bonds is 8. The van der Waals surface area contributed by atoms with E-state index in [1.165, 1.54) is 65.0 Å². The molecule has 0 atom stereocenters. The van der Waals surface area contributed by atoms with Crippen LogP contribution in [0.4, 0.5) is 34.3 Å². The van der Waals surface area contributed by atoms with Crippen molar-refractivity contribution in [1.82, 2.24) is 4.57 Å². The van der Waals surface area contributed by atoms with Crippen LogP contribution in [0, 0.1) is 0 Å². The molecule has 0 saturated heterocycles. The third-order valence-corrected chi connectivity index (χ3v) is 13.5. The van der Waals surface area contributed by atoms with Crippen LogP contribution in [0.5, 0.6) is 0 Å². The molecule has 0 saturated carbocycles. The first-order valence-electron chi connectivity index (χ1n) is 21.8. The van der Waals surface area contributed by atoms with Gasteiger partial charge in [0.15, 0.2) is 0 Å². The quantitative estimate of drug-likeness (QED) is 0.151. The van der Waals surface area contributed by atoms with Gasteiger partial charge in [-0.2, -0.15) is 0 Å². The summed E-state index contributed by atoms with van der Waals surface area (Å²) < 4.78 is 2.45. The van der Waals surface area contributed by atoms with Crippen molar-refractivity contribution in [1.29, 1.82) is 0 Å². The van der Waals surface area contributed by atoms with Crippen LogP contribution in [-0.4, -0.2) is 4.57 Å². The van der Waals surface area contributed by atoms with Crippen LogP contribution in [0.25, 0.3) is 60.7 Å². The van der Waals surface area contributed by atoms with Crippen LogP contribution < -0.4 is 9.80 Å². The van der Waals surface area contributed by atoms with Gasteiger partial charge in [-0.15, -0.1) is 0 Å². The van der Waals surface area contributed by atoms with Crippen LogP contribution >= 0.6 is 11.8 Å². The largest absolute Gasteiger partial charge is 0.310 e. The summed E-state index contributed by atoms with van der Waals surface area (Å²) in [5.74, 6) is 1.13. The van der Waals surface area contributed by atoms with E-state index in [0.29, 0.717) is 0 Å². The molecule has 1 aromatic heterocycles. The number of nitrogens with zero attached hydrogens (tertiary/aromatic N) is 3. The van der Waals surface area contributed by atoms with Gasteiger partial charge in [0.2, 0.25) is 0 Å². The van der Waals surface area contributed by atoms with Crippen molar-refractivity contribution in [2.24, 2.45) is 0 Å². The summed E-state index contributed by atoms with van der Waals surface area (Å²) in [6.07, 6.45) is 0. The highest BCUT2D eigenvalue weighted by Crippen LogP contribution is 2.58. The summed E-state index contributed by atoms with van der Waals surface area (Å²) in [6, 6.07) is 90.0. The molecule has 0 fully saturated rings. The molecule has 0 aliphatic carbocycles. The first-order valence-corrected chi connectivity index (χ1v) is 22.6. The maximum Gasteiger partial charge on any atom is 0.137 e. The van der Waals surface area contributed by atoms with E-state index in [1.807, 2.05) is 11.8 Å². The van der Waals surface area contributed by atoms with Crippen LogP contribution in [0.3, 0.4) is 0 Å². The SMILES string of the molecule is c1ccc(-c2ccc(-c3ccc(N(c4ccc(-c5cccc6ccccc56)cc4)c4cccc5c4c4c(n5-c5ccccc5)N(c5ccccc5)c5ccccc5S4)cc3)cc2)cc1. The fourth-order valence-corrected chi connectivity index (χ4v) is 10.6. The Balaban J connectivity index is 1.06. The van der Waals surface area contributed by atoms with Crippen molar-refractivity contribution in [3.05, 3.63) is 249 Å². The zero-order valence-corrected chi connectivity index (χ0v) is 35.7. The minimum absolute atomic E-state index is 1.08. The molecular formula is C60H41N3S. The third kappa shape index (κ3) is 6.55. The van der Waals surface area contributed by atoms with Crippen LogP contribution in [0.1, 0.15) is 0 Å². The van der Waals surface area contributed by atoms with E-state index in [-0.39, 0.29) is 0 Å². The molecular weight excluding hydrogens is 795 g/mol. The molecule has 10 aromatic carbocycles. The van der Waals surface area contributed by atoms with Crippen molar-refractivity contribution < 1.29 is 0 Å². The van der Waals surface area contributed by atoms with Gasteiger partial charge in [0.1, 0.15) is 5.82 Å². The normalized spacial score (nSPS) is 12.0. The molecule has 0 amide bonds. The first kappa shape index (κ1) is 37.7. The molecule has 1 aliphatic heterocycles. The van der Waals surface area contributed by atoms with Gasteiger partial charge in [-0.25, -0.2) is 0 Å². The predicted octanol–water partition coefficient (Wildman–Crippen LogP) is 17.2. The third-order valence-electron chi connectivity index (χ3n) is 12.4. The molecule has 0 radical (unpaired) electrons. The molecule has 0 spiro atoms. The van der Waals surface area contributed by atoms with Crippen molar-refractivity contribution >= 4 is 67.7 Å². The first-order chi connectivity index (χ1) is 31.8. The predicted molar refractivity (Wildman–Crippen MR) is 271 cm³/mol. The molecule has 1 aliphatic rings. The lowest BCUT2D eigenvalue weighted by atomic mass is 9.98. The monoisotopic (exact) mass is 835 g/mol. The number of para-hydroxylation sites is 3. The summed E-state index contributed by atoms with van der Waals surface area (Å²) in [6.45, 7) is 0. The Morgan fingerprint density at radius 3 is 1.58 bits per heavy atom. The summed E-state index contributed by atoms with van der Waals surface area (Å²) >= 11 is 1.86. The highest BCUT2D eigenvalue weighted by molar-refractivity contribution is 8.00. The van der Waals surface area contributed by atoms with Gasteiger partial charge in [0.05, 0.1) is 21.8 Å². The van der Waals surface area contributed by atoms with Crippen molar-refractivity contribution in [2.75, 3.05) is 9.80 Å². The summed E-state index contributed by atoms with van der Waals surface area (Å²) in [4.78, 5) is 7.32. The van der Waals surface area contributed by atoms with Crippen molar-refractivity contribution in [2.45, 2.75) is 9.79 Å². The fraction of sp³-hybridized carbons (Fsp3) is 0. The second-order valence-electron chi connectivity index (χ2n) is 16.1. The van der Waals surface area contributed by atoms with Gasteiger partial charge in [-0.1, -0.05) is 188 Å². The maximum absolute atomic E-state index is 2.45. The average molecular weight is 836 g/mol. The highest BCUT2D eigenvalue weighted by Gasteiger charge is 2.34. The molecule has 11 aromatic rings. The molecule has 3 nitrogen and oxygen atoms in total. The maximum atomic E-state index is 2.45. The van der Waals surface area contributed by atoms with E-state index >= 15 is 0 Å². The van der Waals surface area contributed by atoms with Gasteiger partial charge >= 0.3 is 0 Å². The summed E-state index contributed by atoms with van der Waals surface area (Å²) in [5.41, 5.74) is 15.0. The molecule has 0 N–H and O–H groups in total. The van der Waals surface area contributed by atoms with Gasteiger partial charge < -0.3 is 4.90 Å². The lowest BCUT2D eigenvalue weighted by molar-refractivity contribution is 1.03. The van der Waals surface area contributed by atoms with Gasteiger partial charge in [0.25, 0.3) is 0 Å². The summed E-state index contributed by atoms with van der Waals surface area (Å²) in [7, 11) is 0. The number of aromatic nitrogens is 1. The second-order valence-corrected chi connectivity index (χ2v) is 17.2. The molecule has 2 heterocycles. The Morgan fingerprint density at radius 2 is 0.891 bits per heavy atom. The van der Waals surface area contributed by atoms with Crippen LogP contribution in [0.15, 0.2) is 259 Å². The number of hydrogen-bond donors (Lipinski definition) is 0. The highest BCUT2D eigenvalue weighted by atomic mass is 32.2. The topological polar surface area (TPSA) is 11.4 Å². The summed E-state index contributed by atoms with van der Waals surface area (Å²) in [5, 5.41) is 3.69. The number of fused-ring (bicyclic) bond motifs is 5. The van der Waals surface area contributed by atoms with Gasteiger partial charge in [-0.05, 0) is 117 Å². The smallest absolute Gasteiger partial charge is 0.137 e. The molecule has 0 unspecified atom stereocenters. The Hall–Kier alpha value is -8.05. The fourth-order valence-electron chi connectivity index (χ4n) is 9.37. The van der Waals surface area contributed by atoms with Crippen molar-refractivity contribution in [3.63, 3.8) is 0 Å².